The van der Waals surface area contributed by atoms with Gasteiger partial charge in [-0.1, -0.05) is 20.3 Å². The van der Waals surface area contributed by atoms with Crippen molar-refractivity contribution >= 4 is 23.8 Å². The average molecular weight is 422 g/mol. The lowest BCUT2D eigenvalue weighted by Crippen LogP contribution is -2.50. The number of rotatable bonds is 6. The van der Waals surface area contributed by atoms with Crippen LogP contribution in [0.25, 0.3) is 0 Å². The number of carbonyl (C=O) groups excluding carboxylic acids is 4. The number of amides is 4. The van der Waals surface area contributed by atoms with Crippen LogP contribution >= 0.6 is 0 Å². The number of imide groups is 1. The van der Waals surface area contributed by atoms with E-state index in [0.29, 0.717) is 25.3 Å². The van der Waals surface area contributed by atoms with Crippen LogP contribution in [0.4, 0.5) is 4.79 Å². The number of carbonyl (C=O) groups is 4. The molecule has 1 aliphatic carbocycles. The molecular formula is C22H35N3O5. The molecule has 0 aromatic heterocycles. The minimum atomic E-state index is -0.931. The summed E-state index contributed by atoms with van der Waals surface area (Å²) in [7, 11) is 0. The molecule has 4 amide bonds. The Hall–Kier alpha value is -2.12. The monoisotopic (exact) mass is 421 g/mol. The highest BCUT2D eigenvalue weighted by Gasteiger charge is 2.52. The van der Waals surface area contributed by atoms with E-state index in [2.05, 4.69) is 12.2 Å². The highest BCUT2D eigenvalue weighted by Crippen LogP contribution is 2.37. The molecular weight excluding hydrogens is 386 g/mol. The fraction of sp³-hybridized carbons (Fsp3) is 0.818. The number of esters is 1. The van der Waals surface area contributed by atoms with Gasteiger partial charge in [0.15, 0.2) is 6.10 Å². The van der Waals surface area contributed by atoms with E-state index in [1.807, 2.05) is 6.92 Å². The van der Waals surface area contributed by atoms with E-state index in [-0.39, 0.29) is 17.9 Å². The van der Waals surface area contributed by atoms with E-state index in [4.69, 9.17) is 4.74 Å². The summed E-state index contributed by atoms with van der Waals surface area (Å²) in [4.78, 5) is 53.3. The Kier molecular flexibility index (Phi) is 7.03. The molecule has 30 heavy (non-hydrogen) atoms. The van der Waals surface area contributed by atoms with E-state index in [1.165, 1.54) is 0 Å². The second-order valence-electron chi connectivity index (χ2n) is 8.98. The van der Waals surface area contributed by atoms with Crippen molar-refractivity contribution < 1.29 is 23.9 Å². The Morgan fingerprint density at radius 3 is 2.47 bits per heavy atom. The minimum Gasteiger partial charge on any atom is -0.451 e. The van der Waals surface area contributed by atoms with E-state index in [9.17, 15) is 19.2 Å². The second kappa shape index (κ2) is 9.35. The van der Waals surface area contributed by atoms with Crippen molar-refractivity contribution in [2.45, 2.75) is 96.2 Å². The summed E-state index contributed by atoms with van der Waals surface area (Å²) in [6.07, 6.45) is 7.00. The van der Waals surface area contributed by atoms with Gasteiger partial charge in [0.05, 0.1) is 0 Å². The van der Waals surface area contributed by atoms with Gasteiger partial charge in [0.25, 0.3) is 11.8 Å². The van der Waals surface area contributed by atoms with Crippen molar-refractivity contribution in [2.75, 3.05) is 13.1 Å². The third-order valence-corrected chi connectivity index (χ3v) is 7.11. The van der Waals surface area contributed by atoms with Gasteiger partial charge < -0.3 is 15.0 Å². The number of hydrogen-bond donors (Lipinski definition) is 1. The molecule has 8 nitrogen and oxygen atoms in total. The molecule has 0 aromatic rings. The first-order chi connectivity index (χ1) is 14.3. The second-order valence-corrected chi connectivity index (χ2v) is 8.98. The van der Waals surface area contributed by atoms with Gasteiger partial charge in [-0.25, -0.2) is 4.79 Å². The average Bonchev–Trinajstić information content (AvgIpc) is 2.97. The van der Waals surface area contributed by atoms with E-state index < -0.39 is 30.2 Å². The van der Waals surface area contributed by atoms with Crippen molar-refractivity contribution in [1.82, 2.24) is 15.1 Å². The van der Waals surface area contributed by atoms with Gasteiger partial charge in [-0.3, -0.25) is 19.3 Å². The molecule has 2 atom stereocenters. The van der Waals surface area contributed by atoms with Crippen molar-refractivity contribution in [3.63, 3.8) is 0 Å². The summed E-state index contributed by atoms with van der Waals surface area (Å²) >= 11 is 0. The molecule has 0 bridgehead atoms. The number of piperidine rings is 1. The molecule has 3 rings (SSSR count). The van der Waals surface area contributed by atoms with Crippen LogP contribution in [0, 0.1) is 5.92 Å². The molecule has 1 N–H and O–H groups in total. The number of likely N-dealkylation sites (tertiary alicyclic amines) is 1. The summed E-state index contributed by atoms with van der Waals surface area (Å²) in [6, 6.07) is -0.371. The molecule has 8 heteroatoms. The van der Waals surface area contributed by atoms with Crippen molar-refractivity contribution in [2.24, 2.45) is 5.92 Å². The van der Waals surface area contributed by atoms with Crippen molar-refractivity contribution in [3.8, 4) is 0 Å². The Bertz CT molecular complexity index is 686. The molecule has 0 aromatic carbocycles. The maximum Gasteiger partial charge on any atom is 0.327 e. The van der Waals surface area contributed by atoms with E-state index in [1.54, 1.807) is 11.8 Å². The first-order valence-corrected chi connectivity index (χ1v) is 11.4. The van der Waals surface area contributed by atoms with Crippen LogP contribution < -0.4 is 5.32 Å². The predicted octanol–water partition coefficient (Wildman–Crippen LogP) is 2.60. The minimum absolute atomic E-state index is 0.177. The maximum atomic E-state index is 12.9. The first kappa shape index (κ1) is 22.6. The molecule has 168 valence electrons. The quantitative estimate of drug-likeness (QED) is 0.525. The zero-order valence-corrected chi connectivity index (χ0v) is 18.4. The Labute approximate surface area is 178 Å². The molecule has 2 unspecified atom stereocenters. The largest absolute Gasteiger partial charge is 0.451 e. The number of ether oxygens (including phenoxy) is 1. The lowest BCUT2D eigenvalue weighted by molar-refractivity contribution is -0.162. The fourth-order valence-corrected chi connectivity index (χ4v) is 5.10. The summed E-state index contributed by atoms with van der Waals surface area (Å²) in [6.45, 7) is 5.95. The van der Waals surface area contributed by atoms with Gasteiger partial charge in [-0.2, -0.15) is 0 Å². The van der Waals surface area contributed by atoms with Crippen LogP contribution in [-0.4, -0.2) is 64.4 Å². The number of hydrogen-bond acceptors (Lipinski definition) is 5. The third kappa shape index (κ3) is 4.47. The Balaban J connectivity index is 1.56. The molecule has 3 fully saturated rings. The van der Waals surface area contributed by atoms with Crippen LogP contribution in [0.3, 0.4) is 0 Å². The molecule has 2 heterocycles. The van der Waals surface area contributed by atoms with E-state index >= 15 is 0 Å². The molecule has 2 aliphatic heterocycles. The van der Waals surface area contributed by atoms with Gasteiger partial charge in [0.1, 0.15) is 12.1 Å². The van der Waals surface area contributed by atoms with Gasteiger partial charge >= 0.3 is 12.0 Å². The van der Waals surface area contributed by atoms with Gasteiger partial charge in [-0.15, -0.1) is 0 Å². The van der Waals surface area contributed by atoms with Crippen LogP contribution in [-0.2, 0) is 19.1 Å². The summed E-state index contributed by atoms with van der Waals surface area (Å²) in [5.74, 6) is -0.710. The molecule has 1 saturated carbocycles. The third-order valence-electron chi connectivity index (χ3n) is 7.11. The van der Waals surface area contributed by atoms with Crippen LogP contribution in [0.2, 0.25) is 0 Å². The first-order valence-electron chi connectivity index (χ1n) is 11.4. The fourth-order valence-electron chi connectivity index (χ4n) is 5.10. The lowest BCUT2D eigenvalue weighted by Gasteiger charge is -2.36. The standard InChI is InChI=1S/C22H35N3O5/c1-4-16-9-11-22(12-10-16)20(28)25(21(29)23-22)14-18(26)30-15(3)19(27)24-13-7-6-8-17(24)5-2/h15-17H,4-14H2,1-3H3,(H,23,29). The maximum absolute atomic E-state index is 12.9. The zero-order chi connectivity index (χ0) is 21.9. The summed E-state index contributed by atoms with van der Waals surface area (Å²) in [5.41, 5.74) is -0.882. The number of nitrogens with zero attached hydrogens (tertiary/aromatic N) is 2. The van der Waals surface area contributed by atoms with E-state index in [0.717, 1.165) is 49.8 Å². The van der Waals surface area contributed by atoms with Crippen LogP contribution in [0.1, 0.15) is 78.6 Å². The Morgan fingerprint density at radius 1 is 1.13 bits per heavy atom. The molecule has 0 radical (unpaired) electrons. The predicted molar refractivity (Wildman–Crippen MR) is 110 cm³/mol. The Morgan fingerprint density at radius 2 is 1.83 bits per heavy atom. The smallest absolute Gasteiger partial charge is 0.327 e. The van der Waals surface area contributed by atoms with Crippen LogP contribution in [0.15, 0.2) is 0 Å². The molecule has 3 aliphatic rings. The number of nitrogens with one attached hydrogen (secondary N) is 1. The van der Waals surface area contributed by atoms with Gasteiger partial charge in [0.2, 0.25) is 0 Å². The lowest BCUT2D eigenvalue weighted by atomic mass is 9.75. The molecule has 2 saturated heterocycles. The number of urea groups is 1. The molecule has 1 spiro atoms. The normalized spacial score (nSPS) is 30.4. The highest BCUT2D eigenvalue weighted by atomic mass is 16.5. The van der Waals surface area contributed by atoms with Gasteiger partial charge in [-0.05, 0) is 64.2 Å². The summed E-state index contributed by atoms with van der Waals surface area (Å²) in [5, 5.41) is 2.81. The summed E-state index contributed by atoms with van der Waals surface area (Å²) < 4.78 is 5.32. The topological polar surface area (TPSA) is 96.0 Å². The highest BCUT2D eigenvalue weighted by molar-refractivity contribution is 6.08. The van der Waals surface area contributed by atoms with Crippen molar-refractivity contribution in [3.05, 3.63) is 0 Å². The zero-order valence-electron chi connectivity index (χ0n) is 18.4. The van der Waals surface area contributed by atoms with Gasteiger partial charge in [0, 0.05) is 12.6 Å². The van der Waals surface area contributed by atoms with Crippen LogP contribution in [0.5, 0.6) is 0 Å². The SMILES string of the molecule is CCC1CCC2(CC1)NC(=O)N(CC(=O)OC(C)C(=O)N1CCCCC1CC)C2=O. The van der Waals surface area contributed by atoms with Crippen molar-refractivity contribution in [1.29, 1.82) is 0 Å².